The third-order valence-corrected chi connectivity index (χ3v) is 7.72. The molecule has 9 nitrogen and oxygen atoms in total. The minimum absolute atomic E-state index is 0.122. The molecule has 2 amide bonds. The molecule has 204 valence electrons. The highest BCUT2D eigenvalue weighted by molar-refractivity contribution is 6.09. The third kappa shape index (κ3) is 4.74. The van der Waals surface area contributed by atoms with Gasteiger partial charge in [-0.2, -0.15) is 5.10 Å². The summed E-state index contributed by atoms with van der Waals surface area (Å²) in [6.45, 7) is 2.77. The molecule has 1 saturated heterocycles. The fourth-order valence-corrected chi connectivity index (χ4v) is 5.67. The molecule has 3 N–H and O–H groups in total. The number of anilines is 1. The summed E-state index contributed by atoms with van der Waals surface area (Å²) in [6.07, 6.45) is 1.01. The Kier molecular flexibility index (Phi) is 6.83. The molecule has 0 radical (unpaired) electrons. The number of fused-ring (bicyclic) bond motifs is 1. The summed E-state index contributed by atoms with van der Waals surface area (Å²) in [7, 11) is 1.58. The molecule has 3 aromatic carbocycles. The fourth-order valence-electron chi connectivity index (χ4n) is 5.67. The third-order valence-electron chi connectivity index (χ3n) is 7.72. The first-order chi connectivity index (χ1) is 19.4. The van der Waals surface area contributed by atoms with Gasteiger partial charge in [0, 0.05) is 37.4 Å². The lowest BCUT2D eigenvalue weighted by atomic mass is 9.98. The van der Waals surface area contributed by atoms with Crippen LogP contribution in [0.2, 0.25) is 0 Å². The van der Waals surface area contributed by atoms with Gasteiger partial charge in [0.2, 0.25) is 0 Å². The van der Waals surface area contributed by atoms with Crippen molar-refractivity contribution >= 4 is 17.5 Å². The van der Waals surface area contributed by atoms with E-state index in [9.17, 15) is 14.7 Å². The number of benzene rings is 3. The van der Waals surface area contributed by atoms with Gasteiger partial charge in [-0.1, -0.05) is 36.4 Å². The molecule has 1 fully saturated rings. The number of ether oxygens (including phenoxy) is 1. The Balaban J connectivity index is 1.30. The number of nitrogens with zero attached hydrogens (tertiary/aromatic N) is 4. The zero-order valence-corrected chi connectivity index (χ0v) is 22.3. The van der Waals surface area contributed by atoms with Gasteiger partial charge in [0.05, 0.1) is 18.9 Å². The van der Waals surface area contributed by atoms with Crippen LogP contribution in [0.1, 0.15) is 38.5 Å². The first-order valence-corrected chi connectivity index (χ1v) is 13.4. The second-order valence-corrected chi connectivity index (χ2v) is 10.2. The molecule has 0 spiro atoms. The van der Waals surface area contributed by atoms with E-state index in [1.54, 1.807) is 36.3 Å². The van der Waals surface area contributed by atoms with Crippen LogP contribution in [0.4, 0.5) is 5.69 Å². The lowest BCUT2D eigenvalue weighted by molar-refractivity contribution is 0.0972. The summed E-state index contributed by atoms with van der Waals surface area (Å²) in [4.78, 5) is 30.0. The van der Waals surface area contributed by atoms with E-state index in [1.165, 1.54) is 10.2 Å². The molecule has 9 heteroatoms. The highest BCUT2D eigenvalue weighted by Gasteiger charge is 2.34. The Morgan fingerprint density at radius 2 is 1.75 bits per heavy atom. The number of β-amino-alcohol motifs (C(OH)–C–C–N with tert-alkyl or cyclic N) is 1. The van der Waals surface area contributed by atoms with Crippen LogP contribution in [0, 0.1) is 0 Å². The van der Waals surface area contributed by atoms with Crippen molar-refractivity contribution in [1.29, 1.82) is 0 Å². The molecule has 40 heavy (non-hydrogen) atoms. The number of primary amides is 1. The van der Waals surface area contributed by atoms with Gasteiger partial charge < -0.3 is 20.5 Å². The molecule has 0 bridgehead atoms. The number of carbonyl (C=O) groups excluding carboxylic acids is 2. The van der Waals surface area contributed by atoms with Gasteiger partial charge in [-0.15, -0.1) is 0 Å². The summed E-state index contributed by atoms with van der Waals surface area (Å²) in [5, 5.41) is 14.4. The number of likely N-dealkylation sites (tertiary alicyclic amines) is 1. The van der Waals surface area contributed by atoms with Crippen LogP contribution >= 0.6 is 0 Å². The van der Waals surface area contributed by atoms with Crippen LogP contribution in [-0.2, 0) is 13.0 Å². The minimum atomic E-state index is -0.656. The first kappa shape index (κ1) is 25.8. The van der Waals surface area contributed by atoms with Gasteiger partial charge in [-0.3, -0.25) is 14.5 Å². The predicted octanol–water partition coefficient (Wildman–Crippen LogP) is 3.42. The van der Waals surface area contributed by atoms with E-state index in [2.05, 4.69) is 22.1 Å². The molecule has 0 unspecified atom stereocenters. The average Bonchev–Trinajstić information content (AvgIpc) is 3.57. The van der Waals surface area contributed by atoms with E-state index in [4.69, 9.17) is 10.5 Å². The van der Waals surface area contributed by atoms with Crippen molar-refractivity contribution in [2.45, 2.75) is 25.5 Å². The molecule has 0 aliphatic carbocycles. The number of nitrogens with two attached hydrogens (primary N) is 1. The molecular formula is C31H31N5O4. The quantitative estimate of drug-likeness (QED) is 0.374. The molecule has 0 saturated carbocycles. The van der Waals surface area contributed by atoms with E-state index in [0.29, 0.717) is 42.2 Å². The van der Waals surface area contributed by atoms with Crippen molar-refractivity contribution in [3.8, 4) is 22.6 Å². The first-order valence-electron chi connectivity index (χ1n) is 13.4. The van der Waals surface area contributed by atoms with Crippen molar-refractivity contribution in [2.24, 2.45) is 5.73 Å². The van der Waals surface area contributed by atoms with Crippen LogP contribution in [0.3, 0.4) is 0 Å². The number of carbonyl (C=O) groups is 2. The summed E-state index contributed by atoms with van der Waals surface area (Å²) >= 11 is 0. The van der Waals surface area contributed by atoms with Crippen LogP contribution in [0.5, 0.6) is 5.75 Å². The number of hydrogen-bond acceptors (Lipinski definition) is 6. The van der Waals surface area contributed by atoms with E-state index in [0.717, 1.165) is 36.3 Å². The van der Waals surface area contributed by atoms with Gasteiger partial charge >= 0.3 is 0 Å². The highest BCUT2D eigenvalue weighted by Crippen LogP contribution is 2.32. The summed E-state index contributed by atoms with van der Waals surface area (Å²) in [6, 6.07) is 23.4. The number of aromatic nitrogens is 2. The normalized spacial score (nSPS) is 17.2. The van der Waals surface area contributed by atoms with Gasteiger partial charge in [-0.05, 0) is 65.9 Å². The minimum Gasteiger partial charge on any atom is -0.497 e. The van der Waals surface area contributed by atoms with Crippen LogP contribution in [0.15, 0.2) is 72.8 Å². The van der Waals surface area contributed by atoms with Crippen molar-refractivity contribution < 1.29 is 19.4 Å². The number of aliphatic hydroxyl groups excluding tert-OH is 1. The lowest BCUT2D eigenvalue weighted by Gasteiger charge is -2.28. The molecule has 6 rings (SSSR count). The van der Waals surface area contributed by atoms with E-state index in [1.807, 2.05) is 36.4 Å². The van der Waals surface area contributed by atoms with Crippen molar-refractivity contribution in [1.82, 2.24) is 14.7 Å². The number of methoxy groups -OCH3 is 1. The van der Waals surface area contributed by atoms with E-state index >= 15 is 0 Å². The number of amides is 2. The summed E-state index contributed by atoms with van der Waals surface area (Å²) < 4.78 is 6.76. The topological polar surface area (TPSA) is 114 Å². The second-order valence-electron chi connectivity index (χ2n) is 10.2. The van der Waals surface area contributed by atoms with Crippen molar-refractivity contribution in [3.05, 3.63) is 95.3 Å². The van der Waals surface area contributed by atoms with E-state index in [-0.39, 0.29) is 17.7 Å². The Labute approximate surface area is 232 Å². The van der Waals surface area contributed by atoms with Gasteiger partial charge in [0.1, 0.15) is 11.4 Å². The molecule has 4 aromatic rings. The second kappa shape index (κ2) is 10.6. The summed E-state index contributed by atoms with van der Waals surface area (Å²) in [5.41, 5.74) is 11.5. The number of rotatable bonds is 7. The Hall–Kier alpha value is -4.47. The van der Waals surface area contributed by atoms with Crippen molar-refractivity contribution in [3.63, 3.8) is 0 Å². The zero-order valence-electron chi connectivity index (χ0n) is 22.3. The van der Waals surface area contributed by atoms with Gasteiger partial charge in [-0.25, -0.2) is 4.68 Å². The zero-order chi connectivity index (χ0) is 27.8. The summed E-state index contributed by atoms with van der Waals surface area (Å²) in [5.74, 6) is -0.221. The fraction of sp³-hybridized carbons (Fsp3) is 0.258. The van der Waals surface area contributed by atoms with Crippen LogP contribution in [0.25, 0.3) is 16.8 Å². The molecule has 2 aliphatic rings. The number of aliphatic hydroxyl groups is 1. The Morgan fingerprint density at radius 1 is 1.02 bits per heavy atom. The van der Waals surface area contributed by atoms with Crippen LogP contribution < -0.4 is 15.4 Å². The standard InChI is InChI=1S/C31H31N5O4/c1-40-25-12-10-23(11-13-25)36-29-27(28(33-36)30(32)38)15-17-35(31(29)39)22-8-6-20(7-9-22)26-5-3-2-4-21(26)18-34-16-14-24(37)19-34/h2-13,24,37H,14-19H2,1H3,(H2,32,38)/t24-/m1/s1. The van der Waals surface area contributed by atoms with Crippen molar-refractivity contribution in [2.75, 3.05) is 31.6 Å². The number of hydrogen-bond donors (Lipinski definition) is 2. The molecule has 1 aromatic heterocycles. The smallest absolute Gasteiger partial charge is 0.277 e. The maximum absolute atomic E-state index is 13.9. The SMILES string of the molecule is COc1ccc(-n2nc(C(N)=O)c3c2C(=O)N(c2ccc(-c4ccccc4CN4CC[C@@H](O)C4)cc2)CC3)cc1. The lowest BCUT2D eigenvalue weighted by Crippen LogP contribution is -2.39. The maximum atomic E-state index is 13.9. The molecule has 3 heterocycles. The Morgan fingerprint density at radius 3 is 2.42 bits per heavy atom. The molecular weight excluding hydrogens is 506 g/mol. The molecule has 2 aliphatic heterocycles. The maximum Gasteiger partial charge on any atom is 0.277 e. The molecule has 1 atom stereocenters. The predicted molar refractivity (Wildman–Crippen MR) is 152 cm³/mol. The highest BCUT2D eigenvalue weighted by atomic mass is 16.5. The van der Waals surface area contributed by atoms with Crippen LogP contribution in [-0.4, -0.2) is 64.4 Å². The largest absolute Gasteiger partial charge is 0.497 e. The van der Waals surface area contributed by atoms with E-state index < -0.39 is 5.91 Å². The van der Waals surface area contributed by atoms with Gasteiger partial charge in [0.15, 0.2) is 5.69 Å². The van der Waals surface area contributed by atoms with Gasteiger partial charge in [0.25, 0.3) is 11.8 Å². The average molecular weight is 538 g/mol. The monoisotopic (exact) mass is 537 g/mol. The Bertz CT molecular complexity index is 1560.